The first kappa shape index (κ1) is 15.8. The van der Waals surface area contributed by atoms with Gasteiger partial charge in [0.15, 0.2) is 0 Å². The maximum absolute atomic E-state index is 12.3. The van der Waals surface area contributed by atoms with Crippen LogP contribution in [0.4, 0.5) is 5.69 Å². The quantitative estimate of drug-likeness (QED) is 0.906. The van der Waals surface area contributed by atoms with Crippen LogP contribution in [0.3, 0.4) is 0 Å². The fourth-order valence-electron chi connectivity index (χ4n) is 2.46. The van der Waals surface area contributed by atoms with Crippen LogP contribution in [-0.2, 0) is 14.3 Å². The largest absolute Gasteiger partial charge is 0.383 e. The average molecular weight is 311 g/mol. The van der Waals surface area contributed by atoms with Crippen LogP contribution in [0.1, 0.15) is 13.3 Å². The molecule has 2 amide bonds. The maximum Gasteiger partial charge on any atom is 0.229 e. The van der Waals surface area contributed by atoms with Crippen LogP contribution in [0.2, 0.25) is 5.02 Å². The molecule has 1 aromatic rings. The molecule has 1 aliphatic heterocycles. The number of benzene rings is 1. The Morgan fingerprint density at radius 1 is 1.52 bits per heavy atom. The first-order valence-electron chi connectivity index (χ1n) is 6.86. The van der Waals surface area contributed by atoms with Crippen LogP contribution < -0.4 is 5.32 Å². The number of likely N-dealkylation sites (tertiary alicyclic amines) is 1. The molecule has 0 unspecified atom stereocenters. The van der Waals surface area contributed by atoms with Crippen molar-refractivity contribution in [1.29, 1.82) is 0 Å². The predicted octanol–water partition coefficient (Wildman–Crippen LogP) is 2.16. The van der Waals surface area contributed by atoms with Crippen molar-refractivity contribution in [2.45, 2.75) is 19.4 Å². The summed E-state index contributed by atoms with van der Waals surface area (Å²) >= 11 is 6.02. The molecule has 0 saturated carbocycles. The van der Waals surface area contributed by atoms with E-state index in [2.05, 4.69) is 5.32 Å². The zero-order chi connectivity index (χ0) is 15.4. The Morgan fingerprint density at radius 3 is 2.90 bits per heavy atom. The van der Waals surface area contributed by atoms with Gasteiger partial charge in [-0.1, -0.05) is 23.7 Å². The van der Waals surface area contributed by atoms with E-state index in [4.69, 9.17) is 16.3 Å². The molecule has 21 heavy (non-hydrogen) atoms. The molecule has 0 aromatic heterocycles. The highest BCUT2D eigenvalue weighted by molar-refractivity contribution is 6.33. The van der Waals surface area contributed by atoms with E-state index in [9.17, 15) is 9.59 Å². The van der Waals surface area contributed by atoms with Gasteiger partial charge in [-0.3, -0.25) is 9.59 Å². The van der Waals surface area contributed by atoms with Gasteiger partial charge >= 0.3 is 0 Å². The van der Waals surface area contributed by atoms with Crippen molar-refractivity contribution in [3.05, 3.63) is 29.3 Å². The second-order valence-corrected chi connectivity index (χ2v) is 5.63. The number of nitrogens with one attached hydrogen (secondary N) is 1. The molecule has 5 nitrogen and oxygen atoms in total. The molecule has 2 atom stereocenters. The number of methoxy groups -OCH3 is 1. The lowest BCUT2D eigenvalue weighted by Gasteiger charge is -2.23. The van der Waals surface area contributed by atoms with Crippen molar-refractivity contribution in [2.75, 3.05) is 25.6 Å². The number of halogens is 1. The summed E-state index contributed by atoms with van der Waals surface area (Å²) in [5.74, 6) is -0.546. The molecule has 114 valence electrons. The molecule has 0 spiro atoms. The van der Waals surface area contributed by atoms with E-state index in [0.717, 1.165) is 0 Å². The highest BCUT2D eigenvalue weighted by Crippen LogP contribution is 2.25. The minimum absolute atomic E-state index is 0.0149. The predicted molar refractivity (Wildman–Crippen MR) is 81.2 cm³/mol. The maximum atomic E-state index is 12.3. The number of para-hydroxylation sites is 1. The Morgan fingerprint density at radius 2 is 2.24 bits per heavy atom. The topological polar surface area (TPSA) is 58.6 Å². The Balaban J connectivity index is 1.99. The van der Waals surface area contributed by atoms with Gasteiger partial charge in [0.25, 0.3) is 0 Å². The van der Waals surface area contributed by atoms with Crippen molar-refractivity contribution in [3.63, 3.8) is 0 Å². The van der Waals surface area contributed by atoms with E-state index < -0.39 is 0 Å². The summed E-state index contributed by atoms with van der Waals surface area (Å²) < 4.78 is 5.06. The summed E-state index contributed by atoms with van der Waals surface area (Å²) in [4.78, 5) is 25.9. The van der Waals surface area contributed by atoms with Gasteiger partial charge < -0.3 is 15.0 Å². The number of anilines is 1. The van der Waals surface area contributed by atoms with E-state index in [1.165, 1.54) is 0 Å². The monoisotopic (exact) mass is 310 g/mol. The molecule has 1 heterocycles. The van der Waals surface area contributed by atoms with Crippen molar-refractivity contribution in [3.8, 4) is 0 Å². The van der Waals surface area contributed by atoms with Gasteiger partial charge in [-0.2, -0.15) is 0 Å². The molecule has 1 saturated heterocycles. The van der Waals surface area contributed by atoms with E-state index in [1.807, 2.05) is 6.92 Å². The standard InChI is InChI=1S/C15H19ClN2O3/c1-10(9-21-2)18-8-11(7-14(18)19)15(20)17-13-6-4-3-5-12(13)16/h3-6,10-11H,7-9H2,1-2H3,(H,17,20)/t10-,11+/m1/s1. The number of ether oxygens (including phenoxy) is 1. The van der Waals surface area contributed by atoms with Crippen molar-refractivity contribution in [2.24, 2.45) is 5.92 Å². The number of amides is 2. The highest BCUT2D eigenvalue weighted by atomic mass is 35.5. The van der Waals surface area contributed by atoms with Crippen molar-refractivity contribution < 1.29 is 14.3 Å². The van der Waals surface area contributed by atoms with Gasteiger partial charge in [0.2, 0.25) is 11.8 Å². The smallest absolute Gasteiger partial charge is 0.229 e. The molecule has 1 aliphatic rings. The number of carbonyl (C=O) groups is 2. The summed E-state index contributed by atoms with van der Waals surface area (Å²) in [5.41, 5.74) is 0.569. The molecule has 0 radical (unpaired) electrons. The lowest BCUT2D eigenvalue weighted by molar-refractivity contribution is -0.130. The summed E-state index contributed by atoms with van der Waals surface area (Å²) in [7, 11) is 1.60. The zero-order valence-corrected chi connectivity index (χ0v) is 12.9. The van der Waals surface area contributed by atoms with Crippen molar-refractivity contribution >= 4 is 29.1 Å². The molecule has 6 heteroatoms. The van der Waals surface area contributed by atoms with E-state index >= 15 is 0 Å². The normalized spacial score (nSPS) is 19.7. The number of hydrogen-bond donors (Lipinski definition) is 1. The summed E-state index contributed by atoms with van der Waals surface area (Å²) in [6.07, 6.45) is 0.227. The van der Waals surface area contributed by atoms with Crippen LogP contribution in [0, 0.1) is 5.92 Å². The summed E-state index contributed by atoms with van der Waals surface area (Å²) in [5, 5.41) is 3.27. The van der Waals surface area contributed by atoms with Crippen LogP contribution >= 0.6 is 11.6 Å². The minimum atomic E-state index is -0.354. The Hall–Kier alpha value is -1.59. The molecule has 0 bridgehead atoms. The molecular weight excluding hydrogens is 292 g/mol. The third-order valence-electron chi connectivity index (χ3n) is 3.60. The van der Waals surface area contributed by atoms with Crippen LogP contribution in [-0.4, -0.2) is 43.0 Å². The Bertz CT molecular complexity index is 535. The molecule has 0 aliphatic carbocycles. The molecule has 1 N–H and O–H groups in total. The number of nitrogens with zero attached hydrogens (tertiary/aromatic N) is 1. The summed E-state index contributed by atoms with van der Waals surface area (Å²) in [6, 6.07) is 7.02. The second kappa shape index (κ2) is 6.91. The zero-order valence-electron chi connectivity index (χ0n) is 12.1. The number of rotatable bonds is 5. The van der Waals surface area contributed by atoms with Crippen LogP contribution in [0.15, 0.2) is 24.3 Å². The fraction of sp³-hybridized carbons (Fsp3) is 0.467. The fourth-order valence-corrected chi connectivity index (χ4v) is 2.64. The number of hydrogen-bond acceptors (Lipinski definition) is 3. The Labute approximate surface area is 129 Å². The van der Waals surface area contributed by atoms with Crippen LogP contribution in [0.5, 0.6) is 0 Å². The lowest BCUT2D eigenvalue weighted by atomic mass is 10.1. The minimum Gasteiger partial charge on any atom is -0.383 e. The number of carbonyl (C=O) groups excluding carboxylic acids is 2. The molecule has 1 aromatic carbocycles. The molecule has 1 fully saturated rings. The molecular formula is C15H19ClN2O3. The van der Waals surface area contributed by atoms with E-state index in [0.29, 0.717) is 23.9 Å². The van der Waals surface area contributed by atoms with Gasteiger partial charge in [-0.15, -0.1) is 0 Å². The highest BCUT2D eigenvalue weighted by Gasteiger charge is 2.36. The van der Waals surface area contributed by atoms with Gasteiger partial charge in [-0.25, -0.2) is 0 Å². The Kier molecular flexibility index (Phi) is 5.20. The third-order valence-corrected chi connectivity index (χ3v) is 3.93. The first-order valence-corrected chi connectivity index (χ1v) is 7.24. The van der Waals surface area contributed by atoms with Crippen LogP contribution in [0.25, 0.3) is 0 Å². The van der Waals surface area contributed by atoms with E-state index in [-0.39, 0.29) is 30.2 Å². The summed E-state index contributed by atoms with van der Waals surface area (Å²) in [6.45, 7) is 2.79. The van der Waals surface area contributed by atoms with Gasteiger partial charge in [0, 0.05) is 20.1 Å². The lowest BCUT2D eigenvalue weighted by Crippen LogP contribution is -2.38. The van der Waals surface area contributed by atoms with Gasteiger partial charge in [0.05, 0.1) is 29.3 Å². The first-order chi connectivity index (χ1) is 10.0. The van der Waals surface area contributed by atoms with Gasteiger partial charge in [0.1, 0.15) is 0 Å². The average Bonchev–Trinajstić information content (AvgIpc) is 2.84. The second-order valence-electron chi connectivity index (χ2n) is 5.22. The SMILES string of the molecule is COC[C@@H](C)N1C[C@@H](C(=O)Nc2ccccc2Cl)CC1=O. The van der Waals surface area contributed by atoms with Gasteiger partial charge in [-0.05, 0) is 19.1 Å². The van der Waals surface area contributed by atoms with E-state index in [1.54, 1.807) is 36.3 Å². The third kappa shape index (κ3) is 3.74. The molecule has 2 rings (SSSR count). The van der Waals surface area contributed by atoms with Crippen molar-refractivity contribution in [1.82, 2.24) is 4.90 Å².